The average molecular weight is 268 g/mol. The van der Waals surface area contributed by atoms with Crippen LogP contribution in [0, 0.1) is 18.6 Å². The predicted molar refractivity (Wildman–Crippen MR) is 69.2 cm³/mol. The van der Waals surface area contributed by atoms with Crippen molar-refractivity contribution < 1.29 is 8.78 Å². The monoisotopic (exact) mass is 268 g/mol. The van der Waals surface area contributed by atoms with Crippen LogP contribution < -0.4 is 11.3 Å². The van der Waals surface area contributed by atoms with Crippen molar-refractivity contribution in [2.24, 2.45) is 5.84 Å². The summed E-state index contributed by atoms with van der Waals surface area (Å²) < 4.78 is 27.8. The van der Waals surface area contributed by atoms with Gasteiger partial charge in [0.15, 0.2) is 0 Å². The van der Waals surface area contributed by atoms with Crippen LogP contribution in [0.15, 0.2) is 29.6 Å². The van der Waals surface area contributed by atoms with Gasteiger partial charge in [-0.1, -0.05) is 12.1 Å². The molecule has 1 heterocycles. The highest BCUT2D eigenvalue weighted by atomic mass is 32.1. The largest absolute Gasteiger partial charge is 0.271 e. The molecule has 1 aromatic heterocycles. The molecule has 2 nitrogen and oxygen atoms in total. The first-order valence-corrected chi connectivity index (χ1v) is 6.44. The Morgan fingerprint density at radius 3 is 2.72 bits per heavy atom. The highest BCUT2D eigenvalue weighted by molar-refractivity contribution is 7.09. The Balaban J connectivity index is 2.35. The maximum atomic E-state index is 14.0. The van der Waals surface area contributed by atoms with E-state index in [1.165, 1.54) is 23.5 Å². The zero-order chi connectivity index (χ0) is 13.1. The molecule has 2 aromatic rings. The zero-order valence-corrected chi connectivity index (χ0v) is 10.7. The topological polar surface area (TPSA) is 38.0 Å². The molecular weight excluding hydrogens is 254 g/mol. The lowest BCUT2D eigenvalue weighted by Gasteiger charge is -2.18. The number of hydrazine groups is 1. The molecule has 0 spiro atoms. The number of aryl methyl sites for hydroxylation is 1. The highest BCUT2D eigenvalue weighted by Crippen LogP contribution is 2.26. The van der Waals surface area contributed by atoms with Crippen LogP contribution in [0.25, 0.3) is 0 Å². The van der Waals surface area contributed by atoms with Gasteiger partial charge in [0.1, 0.15) is 11.6 Å². The highest BCUT2D eigenvalue weighted by Gasteiger charge is 2.21. The summed E-state index contributed by atoms with van der Waals surface area (Å²) in [4.78, 5) is 1.03. The average Bonchev–Trinajstić information content (AvgIpc) is 2.86. The van der Waals surface area contributed by atoms with Crippen molar-refractivity contribution in [2.45, 2.75) is 19.4 Å². The third-order valence-corrected chi connectivity index (χ3v) is 3.75. The van der Waals surface area contributed by atoms with E-state index in [-0.39, 0.29) is 5.56 Å². The molecule has 3 N–H and O–H groups in total. The van der Waals surface area contributed by atoms with Crippen LogP contribution in [0.3, 0.4) is 0 Å². The molecular formula is C13H14F2N2S. The van der Waals surface area contributed by atoms with Crippen molar-refractivity contribution in [1.82, 2.24) is 5.43 Å². The molecule has 1 aromatic carbocycles. The Kier molecular flexibility index (Phi) is 4.06. The van der Waals surface area contributed by atoms with E-state index in [2.05, 4.69) is 5.43 Å². The molecule has 1 unspecified atom stereocenters. The third-order valence-electron chi connectivity index (χ3n) is 2.85. The van der Waals surface area contributed by atoms with Gasteiger partial charge < -0.3 is 0 Å². The predicted octanol–water partition coefficient (Wildman–Crippen LogP) is 3.08. The Labute approximate surface area is 108 Å². The Morgan fingerprint density at radius 2 is 2.11 bits per heavy atom. The minimum Gasteiger partial charge on any atom is -0.271 e. The van der Waals surface area contributed by atoms with Gasteiger partial charge in [-0.3, -0.25) is 11.3 Å². The van der Waals surface area contributed by atoms with Crippen LogP contribution in [0.1, 0.15) is 22.0 Å². The molecule has 0 fully saturated rings. The van der Waals surface area contributed by atoms with Gasteiger partial charge in [0.2, 0.25) is 0 Å². The molecule has 96 valence electrons. The smallest absolute Gasteiger partial charge is 0.133 e. The van der Waals surface area contributed by atoms with Crippen LogP contribution in [-0.4, -0.2) is 0 Å². The molecule has 0 bridgehead atoms. The first-order valence-electron chi connectivity index (χ1n) is 5.56. The molecule has 18 heavy (non-hydrogen) atoms. The minimum absolute atomic E-state index is 0.00546. The van der Waals surface area contributed by atoms with Gasteiger partial charge in [0.05, 0.1) is 6.04 Å². The number of hydrogen-bond donors (Lipinski definition) is 2. The second-order valence-electron chi connectivity index (χ2n) is 4.09. The van der Waals surface area contributed by atoms with E-state index in [0.717, 1.165) is 4.88 Å². The number of halogens is 2. The lowest BCUT2D eigenvalue weighted by molar-refractivity contribution is 0.472. The number of hydrogen-bond acceptors (Lipinski definition) is 3. The van der Waals surface area contributed by atoms with Crippen molar-refractivity contribution >= 4 is 11.3 Å². The second kappa shape index (κ2) is 5.56. The van der Waals surface area contributed by atoms with Gasteiger partial charge in [-0.15, -0.1) is 11.3 Å². The van der Waals surface area contributed by atoms with E-state index < -0.39 is 17.7 Å². The molecule has 0 amide bonds. The normalized spacial score (nSPS) is 12.7. The van der Waals surface area contributed by atoms with E-state index in [4.69, 9.17) is 5.84 Å². The molecule has 0 aliphatic heterocycles. The fourth-order valence-corrected chi connectivity index (χ4v) is 2.62. The summed E-state index contributed by atoms with van der Waals surface area (Å²) in [6, 6.07) is 5.94. The fourth-order valence-electron chi connectivity index (χ4n) is 1.87. The van der Waals surface area contributed by atoms with Crippen molar-refractivity contribution in [3.05, 3.63) is 57.3 Å². The Bertz CT molecular complexity index is 526. The van der Waals surface area contributed by atoms with Gasteiger partial charge in [-0.25, -0.2) is 8.78 Å². The lowest BCUT2D eigenvalue weighted by Crippen LogP contribution is -2.31. The van der Waals surface area contributed by atoms with Crippen LogP contribution >= 0.6 is 11.3 Å². The molecule has 0 saturated heterocycles. The SMILES string of the molecule is Cc1ccc(F)c(C(Cc2cccs2)NN)c1F. The number of rotatable bonds is 4. The van der Waals surface area contributed by atoms with E-state index in [1.807, 2.05) is 17.5 Å². The van der Waals surface area contributed by atoms with Gasteiger partial charge >= 0.3 is 0 Å². The van der Waals surface area contributed by atoms with Crippen LogP contribution in [0.4, 0.5) is 8.78 Å². The first-order chi connectivity index (χ1) is 8.63. The summed E-state index contributed by atoms with van der Waals surface area (Å²) in [7, 11) is 0. The Morgan fingerprint density at radius 1 is 1.33 bits per heavy atom. The first kappa shape index (κ1) is 13.1. The molecule has 0 aliphatic carbocycles. The molecule has 2 rings (SSSR count). The van der Waals surface area contributed by atoms with Crippen LogP contribution in [0.2, 0.25) is 0 Å². The molecule has 5 heteroatoms. The van der Waals surface area contributed by atoms with E-state index in [0.29, 0.717) is 12.0 Å². The number of benzene rings is 1. The van der Waals surface area contributed by atoms with E-state index >= 15 is 0 Å². The summed E-state index contributed by atoms with van der Waals surface area (Å²) in [5.74, 6) is 4.33. The van der Waals surface area contributed by atoms with Gasteiger partial charge in [-0.2, -0.15) is 0 Å². The fraction of sp³-hybridized carbons (Fsp3) is 0.231. The summed E-state index contributed by atoms with van der Waals surface area (Å²) in [5, 5.41) is 1.92. The van der Waals surface area contributed by atoms with Crippen molar-refractivity contribution in [2.75, 3.05) is 0 Å². The molecule has 0 aliphatic rings. The zero-order valence-electron chi connectivity index (χ0n) is 9.91. The number of thiophene rings is 1. The molecule has 0 radical (unpaired) electrons. The van der Waals surface area contributed by atoms with Crippen molar-refractivity contribution in [3.63, 3.8) is 0 Å². The standard InChI is InChI=1S/C13H14F2N2S/c1-8-4-5-10(14)12(13(8)15)11(17-16)7-9-3-2-6-18-9/h2-6,11,17H,7,16H2,1H3. The minimum atomic E-state index is -0.572. The van der Waals surface area contributed by atoms with Crippen LogP contribution in [-0.2, 0) is 6.42 Å². The summed E-state index contributed by atoms with van der Waals surface area (Å²) in [6.07, 6.45) is 0.464. The van der Waals surface area contributed by atoms with Crippen LogP contribution in [0.5, 0.6) is 0 Å². The molecule has 0 saturated carbocycles. The summed E-state index contributed by atoms with van der Waals surface area (Å²) in [5.41, 5.74) is 2.91. The summed E-state index contributed by atoms with van der Waals surface area (Å²) >= 11 is 1.54. The maximum Gasteiger partial charge on any atom is 0.133 e. The number of nitrogens with two attached hydrogens (primary N) is 1. The van der Waals surface area contributed by atoms with E-state index in [1.54, 1.807) is 6.92 Å². The Hall–Kier alpha value is -1.30. The van der Waals surface area contributed by atoms with Gasteiger partial charge in [0.25, 0.3) is 0 Å². The quantitative estimate of drug-likeness (QED) is 0.660. The lowest BCUT2D eigenvalue weighted by atomic mass is 10.00. The molecule has 1 atom stereocenters. The van der Waals surface area contributed by atoms with E-state index in [9.17, 15) is 8.78 Å². The van der Waals surface area contributed by atoms with Gasteiger partial charge in [-0.05, 0) is 30.0 Å². The maximum absolute atomic E-state index is 14.0. The summed E-state index contributed by atoms with van der Waals surface area (Å²) in [6.45, 7) is 1.61. The van der Waals surface area contributed by atoms with Crippen molar-refractivity contribution in [1.29, 1.82) is 0 Å². The van der Waals surface area contributed by atoms with Crippen molar-refractivity contribution in [3.8, 4) is 0 Å². The second-order valence-corrected chi connectivity index (χ2v) is 5.13. The van der Waals surface area contributed by atoms with Gasteiger partial charge in [0, 0.05) is 16.9 Å². The number of nitrogens with one attached hydrogen (secondary N) is 1. The third kappa shape index (κ3) is 2.58.